The third-order valence-corrected chi connectivity index (χ3v) is 6.76. The highest BCUT2D eigenvalue weighted by atomic mass is 16.5. The number of benzene rings is 1. The predicted molar refractivity (Wildman–Crippen MR) is 120 cm³/mol. The monoisotopic (exact) mass is 425 g/mol. The van der Waals surface area contributed by atoms with Gasteiger partial charge in [-0.2, -0.15) is 4.98 Å². The molecule has 0 bridgehead atoms. The minimum atomic E-state index is -0.0812. The Morgan fingerprint density at radius 1 is 1.13 bits per heavy atom. The molecule has 2 heterocycles. The summed E-state index contributed by atoms with van der Waals surface area (Å²) in [4.78, 5) is 21.8. The van der Waals surface area contributed by atoms with E-state index in [9.17, 15) is 4.79 Å². The van der Waals surface area contributed by atoms with Crippen LogP contribution in [-0.2, 0) is 11.3 Å². The van der Waals surface area contributed by atoms with Crippen molar-refractivity contribution in [2.45, 2.75) is 58.5 Å². The molecule has 4 rings (SSSR count). The average Bonchev–Trinajstić information content (AvgIpc) is 3.27. The van der Waals surface area contributed by atoms with E-state index in [1.807, 2.05) is 19.1 Å². The highest BCUT2D eigenvalue weighted by molar-refractivity contribution is 5.81. The second-order valence-corrected chi connectivity index (χ2v) is 9.12. The van der Waals surface area contributed by atoms with E-state index >= 15 is 0 Å². The van der Waals surface area contributed by atoms with Crippen LogP contribution in [0.3, 0.4) is 0 Å². The van der Waals surface area contributed by atoms with E-state index in [-0.39, 0.29) is 11.9 Å². The van der Waals surface area contributed by atoms with Gasteiger partial charge in [-0.25, -0.2) is 0 Å². The van der Waals surface area contributed by atoms with Gasteiger partial charge in [0.2, 0.25) is 17.6 Å². The molecule has 1 aliphatic heterocycles. The lowest BCUT2D eigenvalue weighted by atomic mass is 9.89. The Morgan fingerprint density at radius 2 is 1.84 bits per heavy atom. The molecule has 1 saturated carbocycles. The zero-order chi connectivity index (χ0) is 21.6. The first-order valence-corrected chi connectivity index (χ1v) is 11.7. The molecule has 31 heavy (non-hydrogen) atoms. The summed E-state index contributed by atoms with van der Waals surface area (Å²) < 4.78 is 5.47. The summed E-state index contributed by atoms with van der Waals surface area (Å²) in [5.41, 5.74) is 2.18. The molecule has 7 heteroatoms. The fourth-order valence-corrected chi connectivity index (χ4v) is 4.59. The van der Waals surface area contributed by atoms with Crippen molar-refractivity contribution in [2.24, 2.45) is 5.92 Å². The SMILES string of the molecule is Cc1ccc(-c2noc(CN3CCN(C(C)C(=O)NCC4CCCCC4)CC3)n2)cc1. The second kappa shape index (κ2) is 10.4. The van der Waals surface area contributed by atoms with Crippen LogP contribution < -0.4 is 5.32 Å². The van der Waals surface area contributed by atoms with Crippen LogP contribution in [0.15, 0.2) is 28.8 Å². The molecule has 1 aromatic carbocycles. The third-order valence-electron chi connectivity index (χ3n) is 6.76. The van der Waals surface area contributed by atoms with Gasteiger partial charge in [0.15, 0.2) is 0 Å². The van der Waals surface area contributed by atoms with Crippen molar-refractivity contribution < 1.29 is 9.32 Å². The van der Waals surface area contributed by atoms with Crippen LogP contribution in [-0.4, -0.2) is 64.6 Å². The normalized spacial score (nSPS) is 19.9. The number of rotatable bonds is 7. The van der Waals surface area contributed by atoms with Crippen LogP contribution in [0.4, 0.5) is 0 Å². The molecule has 7 nitrogen and oxygen atoms in total. The van der Waals surface area contributed by atoms with Gasteiger partial charge in [0, 0.05) is 38.3 Å². The molecular weight excluding hydrogens is 390 g/mol. The van der Waals surface area contributed by atoms with E-state index in [0.29, 0.717) is 24.2 Å². The number of amides is 1. The molecule has 0 spiro atoms. The molecule has 1 N–H and O–H groups in total. The summed E-state index contributed by atoms with van der Waals surface area (Å²) in [6, 6.07) is 8.06. The number of carbonyl (C=O) groups excluding carboxylic acids is 1. The van der Waals surface area contributed by atoms with Crippen LogP contribution in [0.25, 0.3) is 11.4 Å². The fraction of sp³-hybridized carbons (Fsp3) is 0.625. The van der Waals surface area contributed by atoms with Crippen molar-refractivity contribution in [3.8, 4) is 11.4 Å². The Morgan fingerprint density at radius 3 is 2.55 bits per heavy atom. The first-order chi connectivity index (χ1) is 15.1. The van der Waals surface area contributed by atoms with E-state index in [1.54, 1.807) is 0 Å². The summed E-state index contributed by atoms with van der Waals surface area (Å²) in [7, 11) is 0. The minimum absolute atomic E-state index is 0.0812. The van der Waals surface area contributed by atoms with Gasteiger partial charge in [-0.15, -0.1) is 0 Å². The van der Waals surface area contributed by atoms with Crippen LogP contribution in [0.5, 0.6) is 0 Å². The summed E-state index contributed by atoms with van der Waals surface area (Å²) >= 11 is 0. The number of aromatic nitrogens is 2. The number of hydrogen-bond acceptors (Lipinski definition) is 6. The van der Waals surface area contributed by atoms with E-state index in [4.69, 9.17) is 4.52 Å². The average molecular weight is 426 g/mol. The molecular formula is C24H35N5O2. The fourth-order valence-electron chi connectivity index (χ4n) is 4.59. The molecule has 168 valence electrons. The number of aryl methyl sites for hydroxylation is 1. The van der Waals surface area contributed by atoms with Gasteiger partial charge < -0.3 is 9.84 Å². The van der Waals surface area contributed by atoms with Gasteiger partial charge >= 0.3 is 0 Å². The molecule has 2 aliphatic rings. The second-order valence-electron chi connectivity index (χ2n) is 9.12. The quantitative estimate of drug-likeness (QED) is 0.734. The molecule has 0 radical (unpaired) electrons. The summed E-state index contributed by atoms with van der Waals surface area (Å²) in [5.74, 6) is 2.11. The lowest BCUT2D eigenvalue weighted by Crippen LogP contribution is -2.54. The molecule has 1 unspecified atom stereocenters. The topological polar surface area (TPSA) is 74.5 Å². The highest BCUT2D eigenvalue weighted by Gasteiger charge is 2.27. The first-order valence-electron chi connectivity index (χ1n) is 11.7. The summed E-state index contributed by atoms with van der Waals surface area (Å²) in [6.45, 7) is 9.10. The van der Waals surface area contributed by atoms with Gasteiger partial charge in [-0.05, 0) is 32.6 Å². The third kappa shape index (κ3) is 5.92. The van der Waals surface area contributed by atoms with Crippen molar-refractivity contribution in [3.05, 3.63) is 35.7 Å². The van der Waals surface area contributed by atoms with Crippen LogP contribution in [0.1, 0.15) is 50.5 Å². The minimum Gasteiger partial charge on any atom is -0.354 e. The molecule has 1 aliphatic carbocycles. The molecule has 2 fully saturated rings. The Bertz CT molecular complexity index is 836. The zero-order valence-electron chi connectivity index (χ0n) is 18.8. The van der Waals surface area contributed by atoms with Crippen molar-refractivity contribution in [2.75, 3.05) is 32.7 Å². The van der Waals surface area contributed by atoms with Crippen molar-refractivity contribution in [3.63, 3.8) is 0 Å². The lowest BCUT2D eigenvalue weighted by molar-refractivity contribution is -0.126. The van der Waals surface area contributed by atoms with Gasteiger partial charge in [0.05, 0.1) is 12.6 Å². The predicted octanol–water partition coefficient (Wildman–Crippen LogP) is 3.25. The lowest BCUT2D eigenvalue weighted by Gasteiger charge is -2.37. The van der Waals surface area contributed by atoms with Crippen LogP contribution in [0, 0.1) is 12.8 Å². The van der Waals surface area contributed by atoms with Gasteiger partial charge in [-0.1, -0.05) is 54.2 Å². The number of hydrogen-bond donors (Lipinski definition) is 1. The zero-order valence-corrected chi connectivity index (χ0v) is 18.8. The van der Waals surface area contributed by atoms with Crippen LogP contribution in [0.2, 0.25) is 0 Å². The van der Waals surface area contributed by atoms with Gasteiger partial charge in [-0.3, -0.25) is 14.6 Å². The van der Waals surface area contributed by atoms with Crippen molar-refractivity contribution in [1.29, 1.82) is 0 Å². The number of nitrogens with one attached hydrogen (secondary N) is 1. The Labute approximate surface area is 185 Å². The first kappa shape index (κ1) is 22.0. The van der Waals surface area contributed by atoms with E-state index in [2.05, 4.69) is 44.3 Å². The maximum absolute atomic E-state index is 12.6. The molecule has 1 amide bonds. The van der Waals surface area contributed by atoms with E-state index in [1.165, 1.54) is 37.7 Å². The Kier molecular flexibility index (Phi) is 7.35. The molecule has 1 saturated heterocycles. The van der Waals surface area contributed by atoms with E-state index in [0.717, 1.165) is 38.3 Å². The highest BCUT2D eigenvalue weighted by Crippen LogP contribution is 2.23. The van der Waals surface area contributed by atoms with Gasteiger partial charge in [0.1, 0.15) is 0 Å². The van der Waals surface area contributed by atoms with Crippen LogP contribution >= 0.6 is 0 Å². The van der Waals surface area contributed by atoms with Crippen molar-refractivity contribution in [1.82, 2.24) is 25.3 Å². The number of piperazine rings is 1. The number of carbonyl (C=O) groups is 1. The Hall–Kier alpha value is -2.25. The maximum atomic E-state index is 12.6. The number of nitrogens with zero attached hydrogens (tertiary/aromatic N) is 4. The molecule has 1 aromatic heterocycles. The van der Waals surface area contributed by atoms with Crippen molar-refractivity contribution >= 4 is 5.91 Å². The molecule has 2 aromatic rings. The molecule has 1 atom stereocenters. The summed E-state index contributed by atoms with van der Waals surface area (Å²) in [5, 5.41) is 7.33. The standard InChI is InChI=1S/C24H35N5O2/c1-18-8-10-21(11-9-18)23-26-22(31-27-23)17-28-12-14-29(15-13-28)19(2)24(30)25-16-20-6-4-3-5-7-20/h8-11,19-20H,3-7,12-17H2,1-2H3,(H,25,30). The summed E-state index contributed by atoms with van der Waals surface area (Å²) in [6.07, 6.45) is 6.49. The van der Waals surface area contributed by atoms with E-state index < -0.39 is 0 Å². The van der Waals surface area contributed by atoms with Gasteiger partial charge in [0.25, 0.3) is 0 Å². The Balaban J connectivity index is 1.21. The smallest absolute Gasteiger partial charge is 0.241 e. The largest absolute Gasteiger partial charge is 0.354 e. The maximum Gasteiger partial charge on any atom is 0.241 e.